The second kappa shape index (κ2) is 12.9. The van der Waals surface area contributed by atoms with E-state index < -0.39 is 0 Å². The van der Waals surface area contributed by atoms with Crippen molar-refractivity contribution >= 4 is 35.8 Å². The van der Waals surface area contributed by atoms with E-state index in [4.69, 9.17) is 4.74 Å². The zero-order valence-electron chi connectivity index (χ0n) is 18.2. The summed E-state index contributed by atoms with van der Waals surface area (Å²) in [7, 11) is 1.82. The van der Waals surface area contributed by atoms with E-state index in [-0.39, 0.29) is 29.9 Å². The number of halogens is 1. The van der Waals surface area contributed by atoms with Gasteiger partial charge in [0.2, 0.25) is 5.91 Å². The van der Waals surface area contributed by atoms with Crippen LogP contribution in [0.4, 0.5) is 0 Å². The number of likely N-dealkylation sites (tertiary alicyclic amines) is 1. The molecule has 0 bridgehead atoms. The molecule has 1 aliphatic carbocycles. The molecule has 0 spiro atoms. The van der Waals surface area contributed by atoms with Crippen molar-refractivity contribution in [2.75, 3.05) is 59.5 Å². The molecule has 0 aromatic heterocycles. The number of hydrogen-bond acceptors (Lipinski definition) is 4. The standard InChI is InChI=1S/C21H39N5O2.HI/c1-17(15-25-10-12-28-13-11-25)14-23-21(22-2)24-19-8-9-26(16-19)20(27)18-6-4-3-5-7-18;/h17-19H,3-16H2,1-2H3,(H2,22,23,24);1H. The Balaban J connectivity index is 0.00000300. The predicted octanol–water partition coefficient (Wildman–Crippen LogP) is 1.92. The minimum atomic E-state index is 0. The number of rotatable bonds is 6. The third kappa shape index (κ3) is 7.86. The van der Waals surface area contributed by atoms with Gasteiger partial charge in [0.1, 0.15) is 0 Å². The summed E-state index contributed by atoms with van der Waals surface area (Å²) in [4.78, 5) is 21.7. The number of nitrogens with zero attached hydrogens (tertiary/aromatic N) is 3. The fraction of sp³-hybridized carbons (Fsp3) is 0.905. The molecule has 3 rings (SSSR count). The number of carbonyl (C=O) groups is 1. The van der Waals surface area contributed by atoms with Gasteiger partial charge in [-0.3, -0.25) is 14.7 Å². The Morgan fingerprint density at radius 1 is 1.14 bits per heavy atom. The summed E-state index contributed by atoms with van der Waals surface area (Å²) in [6.45, 7) is 9.69. The molecule has 0 radical (unpaired) electrons. The van der Waals surface area contributed by atoms with Crippen LogP contribution in [0.25, 0.3) is 0 Å². The van der Waals surface area contributed by atoms with Gasteiger partial charge in [-0.15, -0.1) is 24.0 Å². The Bertz CT molecular complexity index is 521. The Hall–Kier alpha value is -0.610. The van der Waals surface area contributed by atoms with Gasteiger partial charge in [0, 0.05) is 58.3 Å². The van der Waals surface area contributed by atoms with Crippen LogP contribution in [-0.4, -0.2) is 87.2 Å². The molecule has 2 unspecified atom stereocenters. The molecule has 2 N–H and O–H groups in total. The lowest BCUT2D eigenvalue weighted by Gasteiger charge is -2.29. The van der Waals surface area contributed by atoms with E-state index in [9.17, 15) is 4.79 Å². The Morgan fingerprint density at radius 2 is 1.86 bits per heavy atom. The molecule has 0 aromatic rings. The number of aliphatic imine (C=N–C) groups is 1. The van der Waals surface area contributed by atoms with Crippen molar-refractivity contribution in [3.05, 3.63) is 0 Å². The third-order valence-corrected chi connectivity index (χ3v) is 6.31. The van der Waals surface area contributed by atoms with Crippen LogP contribution in [0.2, 0.25) is 0 Å². The second-order valence-electron chi connectivity index (χ2n) is 8.72. The lowest BCUT2D eigenvalue weighted by molar-refractivity contribution is -0.135. The van der Waals surface area contributed by atoms with Crippen LogP contribution < -0.4 is 10.6 Å². The van der Waals surface area contributed by atoms with E-state index in [1.165, 1.54) is 19.3 Å². The first-order valence-corrected chi connectivity index (χ1v) is 11.2. The largest absolute Gasteiger partial charge is 0.379 e. The van der Waals surface area contributed by atoms with Gasteiger partial charge in [0.25, 0.3) is 0 Å². The fourth-order valence-electron chi connectivity index (χ4n) is 4.63. The van der Waals surface area contributed by atoms with Gasteiger partial charge in [0.15, 0.2) is 5.96 Å². The van der Waals surface area contributed by atoms with Crippen LogP contribution in [0, 0.1) is 11.8 Å². The molecule has 7 nitrogen and oxygen atoms in total. The van der Waals surface area contributed by atoms with Crippen molar-refractivity contribution in [3.63, 3.8) is 0 Å². The predicted molar refractivity (Wildman–Crippen MR) is 128 cm³/mol. The van der Waals surface area contributed by atoms with E-state index in [0.29, 0.717) is 17.9 Å². The van der Waals surface area contributed by atoms with Crippen LogP contribution in [-0.2, 0) is 9.53 Å². The summed E-state index contributed by atoms with van der Waals surface area (Å²) in [5.74, 6) is 2.05. The highest BCUT2D eigenvalue weighted by Crippen LogP contribution is 2.26. The number of hydrogen-bond donors (Lipinski definition) is 2. The van der Waals surface area contributed by atoms with Crippen molar-refractivity contribution in [3.8, 4) is 0 Å². The molecule has 2 aliphatic heterocycles. The Kier molecular flexibility index (Phi) is 11.0. The van der Waals surface area contributed by atoms with Crippen LogP contribution in [0.1, 0.15) is 45.4 Å². The average Bonchev–Trinajstić information content (AvgIpc) is 3.20. The smallest absolute Gasteiger partial charge is 0.225 e. The van der Waals surface area contributed by atoms with Gasteiger partial charge in [-0.25, -0.2) is 0 Å². The number of nitrogens with one attached hydrogen (secondary N) is 2. The van der Waals surface area contributed by atoms with Gasteiger partial charge in [-0.1, -0.05) is 26.2 Å². The molecule has 3 fully saturated rings. The lowest BCUT2D eigenvalue weighted by Crippen LogP contribution is -2.47. The van der Waals surface area contributed by atoms with Gasteiger partial charge in [0.05, 0.1) is 13.2 Å². The molecule has 1 amide bonds. The summed E-state index contributed by atoms with van der Waals surface area (Å²) in [5, 5.41) is 6.99. The maximum Gasteiger partial charge on any atom is 0.225 e. The summed E-state index contributed by atoms with van der Waals surface area (Å²) in [6.07, 6.45) is 6.88. The molecule has 0 aromatic carbocycles. The molecule has 3 aliphatic rings. The first-order chi connectivity index (χ1) is 13.7. The van der Waals surface area contributed by atoms with Crippen LogP contribution >= 0.6 is 24.0 Å². The SMILES string of the molecule is CN=C(NCC(C)CN1CCOCC1)NC1CCN(C(=O)C2CCCCC2)C1.I. The van der Waals surface area contributed by atoms with E-state index >= 15 is 0 Å². The first-order valence-electron chi connectivity index (χ1n) is 11.2. The molecular weight excluding hydrogens is 481 g/mol. The van der Waals surface area contributed by atoms with Crippen LogP contribution in [0.3, 0.4) is 0 Å². The van der Waals surface area contributed by atoms with Crippen molar-refractivity contribution < 1.29 is 9.53 Å². The van der Waals surface area contributed by atoms with Crippen LogP contribution in [0.5, 0.6) is 0 Å². The highest BCUT2D eigenvalue weighted by atomic mass is 127. The molecule has 168 valence electrons. The molecular formula is C21H40IN5O2. The van der Waals surface area contributed by atoms with E-state index in [1.54, 1.807) is 0 Å². The van der Waals surface area contributed by atoms with Crippen molar-refractivity contribution in [2.45, 2.75) is 51.5 Å². The topological polar surface area (TPSA) is 69.2 Å². The maximum atomic E-state index is 12.7. The quantitative estimate of drug-likeness (QED) is 0.318. The summed E-state index contributed by atoms with van der Waals surface area (Å²) in [6, 6.07) is 0.299. The molecule has 29 heavy (non-hydrogen) atoms. The normalized spacial score (nSPS) is 25.4. The summed E-state index contributed by atoms with van der Waals surface area (Å²) in [5.41, 5.74) is 0. The summed E-state index contributed by atoms with van der Waals surface area (Å²) >= 11 is 0. The lowest BCUT2D eigenvalue weighted by atomic mass is 9.88. The number of morpholine rings is 1. The van der Waals surface area contributed by atoms with E-state index in [1.807, 2.05) is 7.05 Å². The van der Waals surface area contributed by atoms with Crippen molar-refractivity contribution in [2.24, 2.45) is 16.8 Å². The zero-order chi connectivity index (χ0) is 19.8. The molecule has 1 saturated carbocycles. The van der Waals surface area contributed by atoms with Crippen molar-refractivity contribution in [1.82, 2.24) is 20.4 Å². The minimum Gasteiger partial charge on any atom is -0.379 e. The van der Waals surface area contributed by atoms with Gasteiger partial charge in [-0.2, -0.15) is 0 Å². The number of guanidine groups is 1. The monoisotopic (exact) mass is 521 g/mol. The molecule has 8 heteroatoms. The van der Waals surface area contributed by atoms with Gasteiger partial charge in [-0.05, 0) is 25.2 Å². The van der Waals surface area contributed by atoms with Gasteiger partial charge < -0.3 is 20.3 Å². The highest BCUT2D eigenvalue weighted by molar-refractivity contribution is 14.0. The Morgan fingerprint density at radius 3 is 2.55 bits per heavy atom. The van der Waals surface area contributed by atoms with E-state index in [0.717, 1.165) is 77.7 Å². The van der Waals surface area contributed by atoms with E-state index in [2.05, 4.69) is 32.3 Å². The average molecular weight is 521 g/mol. The maximum absolute atomic E-state index is 12.7. The molecule has 2 atom stereocenters. The summed E-state index contributed by atoms with van der Waals surface area (Å²) < 4.78 is 5.42. The molecule has 2 heterocycles. The third-order valence-electron chi connectivity index (χ3n) is 6.31. The highest BCUT2D eigenvalue weighted by Gasteiger charge is 2.31. The Labute approximate surface area is 193 Å². The van der Waals surface area contributed by atoms with Gasteiger partial charge >= 0.3 is 0 Å². The minimum absolute atomic E-state index is 0. The number of amides is 1. The zero-order valence-corrected chi connectivity index (χ0v) is 20.5. The number of ether oxygens (including phenoxy) is 1. The first kappa shape index (κ1) is 24.7. The fourth-order valence-corrected chi connectivity index (χ4v) is 4.63. The molecule has 2 saturated heterocycles. The number of carbonyl (C=O) groups excluding carboxylic acids is 1. The second-order valence-corrected chi connectivity index (χ2v) is 8.72. The van der Waals surface area contributed by atoms with Crippen LogP contribution in [0.15, 0.2) is 4.99 Å². The van der Waals surface area contributed by atoms with Crippen molar-refractivity contribution in [1.29, 1.82) is 0 Å².